The van der Waals surface area contributed by atoms with Crippen molar-refractivity contribution in [3.63, 3.8) is 0 Å². The van der Waals surface area contributed by atoms with Crippen LogP contribution in [-0.4, -0.2) is 29.2 Å². The lowest BCUT2D eigenvalue weighted by Gasteiger charge is -2.34. The van der Waals surface area contributed by atoms with Crippen molar-refractivity contribution in [2.45, 2.75) is 37.5 Å². The molecule has 2 aromatic carbocycles. The second-order valence-corrected chi connectivity index (χ2v) is 6.56. The SMILES string of the molecule is NCCCCCCN1c2ccccc2C(c2ccccc2F)C1(O)O. The second-order valence-electron chi connectivity index (χ2n) is 6.56. The van der Waals surface area contributed by atoms with Crippen LogP contribution in [0, 0.1) is 5.82 Å². The van der Waals surface area contributed by atoms with Crippen LogP contribution in [0.15, 0.2) is 48.5 Å². The van der Waals surface area contributed by atoms with E-state index in [4.69, 9.17) is 5.73 Å². The first kappa shape index (κ1) is 17.9. The molecule has 0 saturated carbocycles. The number of aliphatic hydroxyl groups is 2. The van der Waals surface area contributed by atoms with Crippen LogP contribution in [0.4, 0.5) is 10.1 Å². The van der Waals surface area contributed by atoms with Crippen LogP contribution in [-0.2, 0) is 0 Å². The number of rotatable bonds is 7. The van der Waals surface area contributed by atoms with E-state index < -0.39 is 17.6 Å². The molecule has 1 heterocycles. The van der Waals surface area contributed by atoms with Gasteiger partial charge in [0.05, 0.1) is 5.92 Å². The molecule has 0 fully saturated rings. The number of halogens is 1. The number of para-hydroxylation sites is 1. The summed E-state index contributed by atoms with van der Waals surface area (Å²) in [4.78, 5) is 1.59. The van der Waals surface area contributed by atoms with Crippen molar-refractivity contribution in [3.05, 3.63) is 65.5 Å². The Bertz CT molecular complexity index is 720. The molecule has 2 aromatic rings. The maximum absolute atomic E-state index is 14.3. The van der Waals surface area contributed by atoms with Crippen LogP contribution in [0.25, 0.3) is 0 Å². The summed E-state index contributed by atoms with van der Waals surface area (Å²) in [6.45, 7) is 1.17. The predicted molar refractivity (Wildman–Crippen MR) is 96.7 cm³/mol. The molecule has 5 heteroatoms. The third kappa shape index (κ3) is 3.40. The molecule has 134 valence electrons. The topological polar surface area (TPSA) is 69.7 Å². The molecule has 0 bridgehead atoms. The van der Waals surface area contributed by atoms with E-state index in [0.29, 0.717) is 18.7 Å². The van der Waals surface area contributed by atoms with Gasteiger partial charge >= 0.3 is 0 Å². The van der Waals surface area contributed by atoms with Gasteiger partial charge in [0, 0.05) is 17.8 Å². The number of benzene rings is 2. The fraction of sp³-hybridized carbons (Fsp3) is 0.400. The summed E-state index contributed by atoms with van der Waals surface area (Å²) in [5.41, 5.74) is 7.29. The first-order chi connectivity index (χ1) is 12.1. The van der Waals surface area contributed by atoms with E-state index >= 15 is 0 Å². The van der Waals surface area contributed by atoms with Gasteiger partial charge in [-0.25, -0.2) is 4.39 Å². The van der Waals surface area contributed by atoms with Gasteiger partial charge in [0.25, 0.3) is 5.91 Å². The van der Waals surface area contributed by atoms with Crippen molar-refractivity contribution >= 4 is 5.69 Å². The van der Waals surface area contributed by atoms with Crippen LogP contribution in [0.1, 0.15) is 42.7 Å². The molecule has 0 aliphatic carbocycles. The minimum Gasteiger partial charge on any atom is -0.348 e. The highest BCUT2D eigenvalue weighted by molar-refractivity contribution is 5.65. The Morgan fingerprint density at radius 3 is 2.28 bits per heavy atom. The van der Waals surface area contributed by atoms with E-state index in [1.807, 2.05) is 24.3 Å². The lowest BCUT2D eigenvalue weighted by atomic mass is 9.90. The predicted octanol–water partition coefficient (Wildman–Crippen LogP) is 2.94. The first-order valence-corrected chi connectivity index (χ1v) is 8.83. The van der Waals surface area contributed by atoms with Crippen molar-refractivity contribution in [2.75, 3.05) is 18.0 Å². The van der Waals surface area contributed by atoms with Crippen LogP contribution < -0.4 is 10.6 Å². The van der Waals surface area contributed by atoms with E-state index in [9.17, 15) is 14.6 Å². The van der Waals surface area contributed by atoms with E-state index in [1.54, 1.807) is 23.1 Å². The number of anilines is 1. The molecule has 4 N–H and O–H groups in total. The van der Waals surface area contributed by atoms with Gasteiger partial charge in [-0.1, -0.05) is 49.2 Å². The lowest BCUT2D eigenvalue weighted by Crippen LogP contribution is -2.49. The van der Waals surface area contributed by atoms with E-state index in [-0.39, 0.29) is 0 Å². The summed E-state index contributed by atoms with van der Waals surface area (Å²) in [7, 11) is 0. The zero-order chi connectivity index (χ0) is 17.9. The van der Waals surface area contributed by atoms with Crippen molar-refractivity contribution in [1.82, 2.24) is 0 Å². The van der Waals surface area contributed by atoms with Gasteiger partial charge in [0.2, 0.25) is 0 Å². The highest BCUT2D eigenvalue weighted by atomic mass is 19.1. The van der Waals surface area contributed by atoms with Gasteiger partial charge in [-0.2, -0.15) is 0 Å². The molecule has 0 spiro atoms. The Morgan fingerprint density at radius 1 is 0.920 bits per heavy atom. The summed E-state index contributed by atoms with van der Waals surface area (Å²) >= 11 is 0. The Morgan fingerprint density at radius 2 is 1.56 bits per heavy atom. The number of fused-ring (bicyclic) bond motifs is 1. The van der Waals surface area contributed by atoms with E-state index in [0.717, 1.165) is 36.9 Å². The summed E-state index contributed by atoms with van der Waals surface area (Å²) in [5.74, 6) is -3.42. The number of unbranched alkanes of at least 4 members (excludes halogenated alkanes) is 3. The van der Waals surface area contributed by atoms with Gasteiger partial charge in [-0.05, 0) is 37.1 Å². The fourth-order valence-corrected chi connectivity index (χ4v) is 3.66. The third-order valence-electron chi connectivity index (χ3n) is 4.88. The van der Waals surface area contributed by atoms with Crippen molar-refractivity contribution < 1.29 is 14.6 Å². The molecule has 1 aliphatic heterocycles. The second kappa shape index (κ2) is 7.52. The smallest absolute Gasteiger partial charge is 0.258 e. The third-order valence-corrected chi connectivity index (χ3v) is 4.88. The average molecular weight is 344 g/mol. The number of nitrogens with two attached hydrogens (primary N) is 1. The maximum atomic E-state index is 14.3. The van der Waals surface area contributed by atoms with Gasteiger partial charge in [0.15, 0.2) is 0 Å². The summed E-state index contributed by atoms with van der Waals surface area (Å²) < 4.78 is 14.3. The largest absolute Gasteiger partial charge is 0.348 e. The van der Waals surface area contributed by atoms with Crippen molar-refractivity contribution in [2.24, 2.45) is 5.73 Å². The molecule has 0 saturated heterocycles. The highest BCUT2D eigenvalue weighted by Gasteiger charge is 2.50. The van der Waals surface area contributed by atoms with Gasteiger partial charge < -0.3 is 20.8 Å². The Balaban J connectivity index is 1.90. The summed E-state index contributed by atoms with van der Waals surface area (Å²) in [6.07, 6.45) is 3.78. The summed E-state index contributed by atoms with van der Waals surface area (Å²) in [5, 5.41) is 21.8. The quantitative estimate of drug-likeness (QED) is 0.533. The number of hydrogen-bond acceptors (Lipinski definition) is 4. The fourth-order valence-electron chi connectivity index (χ4n) is 3.66. The number of nitrogens with zero attached hydrogens (tertiary/aromatic N) is 1. The average Bonchev–Trinajstić information content (AvgIpc) is 2.82. The van der Waals surface area contributed by atoms with Gasteiger partial charge in [-0.3, -0.25) is 0 Å². The molecule has 1 unspecified atom stereocenters. The Kier molecular flexibility index (Phi) is 5.37. The normalized spacial score (nSPS) is 18.4. The molecule has 25 heavy (non-hydrogen) atoms. The van der Waals surface area contributed by atoms with Crippen molar-refractivity contribution in [3.8, 4) is 0 Å². The number of hydrogen-bond donors (Lipinski definition) is 3. The lowest BCUT2D eigenvalue weighted by molar-refractivity contribution is -0.164. The van der Waals surface area contributed by atoms with Gasteiger partial charge in [0.1, 0.15) is 5.82 Å². The van der Waals surface area contributed by atoms with Gasteiger partial charge in [-0.15, -0.1) is 0 Å². The molecule has 1 aliphatic rings. The molecule has 3 rings (SSSR count). The van der Waals surface area contributed by atoms with Crippen LogP contribution in [0.5, 0.6) is 0 Å². The minimum absolute atomic E-state index is 0.297. The van der Waals surface area contributed by atoms with Crippen molar-refractivity contribution in [1.29, 1.82) is 0 Å². The molecule has 1 atom stereocenters. The standard InChI is InChI=1S/C20H25FN2O2/c21-17-11-5-3-9-15(17)19-16-10-4-6-12-18(16)23(20(19,24)25)14-8-2-1-7-13-22/h3-6,9-12,19,24-25H,1-2,7-8,13-14,22H2. The molecular formula is C20H25FN2O2. The Hall–Kier alpha value is -1.95. The monoisotopic (exact) mass is 344 g/mol. The zero-order valence-electron chi connectivity index (χ0n) is 14.2. The molecule has 0 aromatic heterocycles. The van der Waals surface area contributed by atoms with Crippen LogP contribution >= 0.6 is 0 Å². The minimum atomic E-state index is -2.15. The zero-order valence-corrected chi connectivity index (χ0v) is 14.2. The van der Waals surface area contributed by atoms with E-state index in [1.165, 1.54) is 6.07 Å². The molecule has 4 nitrogen and oxygen atoms in total. The first-order valence-electron chi connectivity index (χ1n) is 8.83. The highest BCUT2D eigenvalue weighted by Crippen LogP contribution is 2.49. The van der Waals surface area contributed by atoms with E-state index in [2.05, 4.69) is 0 Å². The molecule has 0 radical (unpaired) electrons. The Labute approximate surface area is 147 Å². The molecule has 0 amide bonds. The summed E-state index contributed by atoms with van der Waals surface area (Å²) in [6, 6.07) is 13.7. The van der Waals surface area contributed by atoms with Crippen LogP contribution in [0.3, 0.4) is 0 Å². The maximum Gasteiger partial charge on any atom is 0.258 e. The van der Waals surface area contributed by atoms with Crippen LogP contribution in [0.2, 0.25) is 0 Å². The molecular weight excluding hydrogens is 319 g/mol.